The second-order valence-electron chi connectivity index (χ2n) is 4.90. The smallest absolute Gasteiger partial charge is 0.426 e. The molecule has 0 radical (unpaired) electrons. The molecular weight excluding hydrogens is 402 g/mol. The lowest BCUT2D eigenvalue weighted by atomic mass is 9.99. The molecule has 0 aromatic heterocycles. The van der Waals surface area contributed by atoms with Crippen LogP contribution in [0.5, 0.6) is 5.75 Å². The number of benzene rings is 1. The zero-order valence-electron chi connectivity index (χ0n) is 12.3. The van der Waals surface area contributed by atoms with E-state index < -0.39 is 63.3 Å². The second kappa shape index (κ2) is 6.92. The number of carbonyl (C=O) groups excluding carboxylic acids is 1. The molecule has 3 N–H and O–H groups in total. The molecule has 0 bridgehead atoms. The normalized spacial score (nSPS) is 13.5. The topological polar surface area (TPSA) is 121 Å². The Kier molecular flexibility index (Phi) is 5.85. The Morgan fingerprint density at radius 3 is 2.00 bits per heavy atom. The monoisotopic (exact) mass is 412 g/mol. The molecule has 0 unspecified atom stereocenters. The molecule has 1 aromatic carbocycles. The minimum absolute atomic E-state index is 0.396. The van der Waals surface area contributed by atoms with Crippen LogP contribution in [0.1, 0.15) is 16.8 Å². The van der Waals surface area contributed by atoms with Crippen molar-refractivity contribution in [1.82, 2.24) is 0 Å². The predicted molar refractivity (Wildman–Crippen MR) is 69.9 cm³/mol. The first-order chi connectivity index (χ1) is 11.5. The van der Waals surface area contributed by atoms with Crippen LogP contribution in [0.2, 0.25) is 0 Å². The summed E-state index contributed by atoms with van der Waals surface area (Å²) in [6.07, 6.45) is -14.3. The summed E-state index contributed by atoms with van der Waals surface area (Å²) in [6.45, 7) is -1.57. The van der Waals surface area contributed by atoms with Crippen LogP contribution < -0.4 is 0 Å². The fraction of sp³-hybridized carbons (Fsp3) is 0.417. The van der Waals surface area contributed by atoms with E-state index in [2.05, 4.69) is 4.74 Å². The highest BCUT2D eigenvalue weighted by Gasteiger charge is 2.70. The predicted octanol–water partition coefficient (Wildman–Crippen LogP) is 2.04. The molecular formula is C12H10F6O7S. The molecule has 14 heteroatoms. The Morgan fingerprint density at radius 2 is 1.58 bits per heavy atom. The highest BCUT2D eigenvalue weighted by Crippen LogP contribution is 2.45. The lowest BCUT2D eigenvalue weighted by Crippen LogP contribution is -2.57. The van der Waals surface area contributed by atoms with E-state index in [4.69, 9.17) is 9.66 Å². The van der Waals surface area contributed by atoms with Gasteiger partial charge < -0.3 is 14.9 Å². The van der Waals surface area contributed by atoms with Gasteiger partial charge in [-0.3, -0.25) is 4.55 Å². The quantitative estimate of drug-likeness (QED) is 0.384. The molecule has 0 spiro atoms. The lowest BCUT2D eigenvalue weighted by molar-refractivity contribution is -0.371. The summed E-state index contributed by atoms with van der Waals surface area (Å²) in [5.74, 6) is -2.59. The van der Waals surface area contributed by atoms with Crippen LogP contribution in [-0.2, 0) is 14.9 Å². The number of ether oxygens (including phenoxy) is 1. The first kappa shape index (κ1) is 22.0. The molecule has 7 nitrogen and oxygen atoms in total. The highest BCUT2D eigenvalue weighted by molar-refractivity contribution is 7.85. The van der Waals surface area contributed by atoms with Crippen LogP contribution in [0, 0.1) is 0 Å². The number of phenols is 1. The zero-order valence-corrected chi connectivity index (χ0v) is 13.1. The minimum atomic E-state index is -6.11. The fourth-order valence-corrected chi connectivity index (χ4v) is 2.16. The van der Waals surface area contributed by atoms with E-state index in [-0.39, 0.29) is 0 Å². The molecule has 1 rings (SSSR count). The number of rotatable bonds is 5. The molecule has 1 aromatic rings. The number of phenolic OH excluding ortho intramolecular Hbond substituents is 1. The van der Waals surface area contributed by atoms with Crippen LogP contribution in [0.3, 0.4) is 0 Å². The summed E-state index contributed by atoms with van der Waals surface area (Å²) < 4.78 is 109. The van der Waals surface area contributed by atoms with E-state index in [1.165, 1.54) is 0 Å². The van der Waals surface area contributed by atoms with E-state index in [1.807, 2.05) is 0 Å². The maximum absolute atomic E-state index is 12.5. The van der Waals surface area contributed by atoms with Gasteiger partial charge in [-0.2, -0.15) is 34.8 Å². The third kappa shape index (κ3) is 4.56. The van der Waals surface area contributed by atoms with Gasteiger partial charge in [-0.1, -0.05) is 0 Å². The number of hydrogen-bond donors (Lipinski definition) is 3. The third-order valence-corrected chi connectivity index (χ3v) is 3.97. The molecule has 0 aliphatic rings. The van der Waals surface area contributed by atoms with Gasteiger partial charge in [-0.25, -0.2) is 4.79 Å². The van der Waals surface area contributed by atoms with Gasteiger partial charge in [0.1, 0.15) is 11.3 Å². The van der Waals surface area contributed by atoms with Crippen molar-refractivity contribution in [2.45, 2.75) is 29.3 Å². The Bertz CT molecular complexity index is 770. The van der Waals surface area contributed by atoms with Crippen LogP contribution in [0.25, 0.3) is 0 Å². The molecule has 0 amide bonds. The van der Waals surface area contributed by atoms with Crippen molar-refractivity contribution in [1.29, 1.82) is 0 Å². The van der Waals surface area contributed by atoms with E-state index in [0.29, 0.717) is 18.2 Å². The zero-order chi connectivity index (χ0) is 20.6. The molecule has 0 aliphatic heterocycles. The van der Waals surface area contributed by atoms with Crippen LogP contribution in [0.4, 0.5) is 26.3 Å². The van der Waals surface area contributed by atoms with Gasteiger partial charge in [0.25, 0.3) is 15.7 Å². The minimum Gasteiger partial charge on any atom is -0.507 e. The number of esters is 1. The van der Waals surface area contributed by atoms with Crippen LogP contribution in [-0.4, -0.2) is 53.7 Å². The van der Waals surface area contributed by atoms with Crippen molar-refractivity contribution >= 4 is 16.1 Å². The van der Waals surface area contributed by atoms with Crippen LogP contribution in [0.15, 0.2) is 23.1 Å². The largest absolute Gasteiger partial charge is 0.507 e. The SMILES string of the molecule is O=C(OCCC(O)(C(F)(F)F)C(F)(F)F)c1cc(S(=O)(=O)O)ccc1O. The summed E-state index contributed by atoms with van der Waals surface area (Å²) >= 11 is 0. The molecule has 0 saturated carbocycles. The second-order valence-corrected chi connectivity index (χ2v) is 6.32. The third-order valence-electron chi connectivity index (χ3n) is 3.12. The standard InChI is InChI=1S/C12H10F6O7S/c13-11(14,15)10(21,12(16,17)18)3-4-25-9(20)7-5-6(26(22,23)24)1-2-8(7)19/h1-2,5,19,21H,3-4H2,(H,22,23,24). The molecule has 0 atom stereocenters. The van der Waals surface area contributed by atoms with E-state index in [0.717, 1.165) is 0 Å². The first-order valence-electron chi connectivity index (χ1n) is 6.34. The number of hydrogen-bond acceptors (Lipinski definition) is 6. The maximum atomic E-state index is 12.5. The van der Waals surface area contributed by atoms with Crippen molar-refractivity contribution in [2.75, 3.05) is 6.61 Å². The van der Waals surface area contributed by atoms with Gasteiger partial charge >= 0.3 is 18.3 Å². The van der Waals surface area contributed by atoms with E-state index in [9.17, 15) is 44.7 Å². The maximum Gasteiger partial charge on any atom is 0.426 e. The number of halogens is 6. The Hall–Kier alpha value is -2.06. The number of aromatic hydroxyl groups is 1. The van der Waals surface area contributed by atoms with Gasteiger partial charge in [0.05, 0.1) is 11.5 Å². The van der Waals surface area contributed by atoms with Crippen molar-refractivity contribution < 1.29 is 59.1 Å². The number of carbonyl (C=O) groups is 1. The van der Waals surface area contributed by atoms with Gasteiger partial charge in [-0.05, 0) is 18.2 Å². The van der Waals surface area contributed by atoms with Crippen molar-refractivity contribution in [2.24, 2.45) is 0 Å². The molecule has 148 valence electrons. The number of alkyl halides is 6. The Labute approximate surface area is 141 Å². The molecule has 0 heterocycles. The molecule has 0 fully saturated rings. The van der Waals surface area contributed by atoms with Gasteiger partial charge in [0, 0.05) is 6.42 Å². The number of aliphatic hydroxyl groups is 1. The Balaban J connectivity index is 2.97. The highest BCUT2D eigenvalue weighted by atomic mass is 32.2. The molecule has 0 saturated heterocycles. The average Bonchev–Trinajstić information content (AvgIpc) is 2.43. The van der Waals surface area contributed by atoms with Gasteiger partial charge in [0.15, 0.2) is 0 Å². The Morgan fingerprint density at radius 1 is 1.08 bits per heavy atom. The summed E-state index contributed by atoms with van der Waals surface area (Å²) in [7, 11) is -4.81. The van der Waals surface area contributed by atoms with Crippen molar-refractivity contribution in [3.05, 3.63) is 23.8 Å². The fourth-order valence-electron chi connectivity index (χ4n) is 1.65. The summed E-state index contributed by atoms with van der Waals surface area (Å²) in [5.41, 5.74) is -6.08. The van der Waals surface area contributed by atoms with Crippen molar-refractivity contribution in [3.8, 4) is 5.75 Å². The van der Waals surface area contributed by atoms with Gasteiger partial charge in [-0.15, -0.1) is 0 Å². The van der Waals surface area contributed by atoms with E-state index >= 15 is 0 Å². The average molecular weight is 412 g/mol. The first-order valence-corrected chi connectivity index (χ1v) is 7.78. The molecule has 0 aliphatic carbocycles. The van der Waals surface area contributed by atoms with Crippen LogP contribution >= 0.6 is 0 Å². The summed E-state index contributed by atoms with van der Waals surface area (Å²) in [6, 6.07) is 1.70. The molecule has 26 heavy (non-hydrogen) atoms. The van der Waals surface area contributed by atoms with Crippen molar-refractivity contribution in [3.63, 3.8) is 0 Å². The lowest BCUT2D eigenvalue weighted by Gasteiger charge is -2.31. The van der Waals surface area contributed by atoms with E-state index in [1.54, 1.807) is 0 Å². The van der Waals surface area contributed by atoms with Gasteiger partial charge in [0.2, 0.25) is 0 Å². The summed E-state index contributed by atoms with van der Waals surface area (Å²) in [4.78, 5) is 10.7. The summed E-state index contributed by atoms with van der Waals surface area (Å²) in [5, 5.41) is 18.3.